The number of aromatic nitrogens is 3. The zero-order chi connectivity index (χ0) is 24.1. The van der Waals surface area contributed by atoms with Gasteiger partial charge in [0.15, 0.2) is 0 Å². The lowest BCUT2D eigenvalue weighted by molar-refractivity contribution is -0.0979. The van der Waals surface area contributed by atoms with Crippen LogP contribution in [0.1, 0.15) is 23.1 Å². The van der Waals surface area contributed by atoms with Crippen molar-refractivity contribution >= 4 is 12.5 Å². The molecule has 172 valence electrons. The summed E-state index contributed by atoms with van der Waals surface area (Å²) in [4.78, 5) is 12.2. The summed E-state index contributed by atoms with van der Waals surface area (Å²) in [7, 11) is 1.50. The number of hydrogen-bond acceptors (Lipinski definition) is 6. The van der Waals surface area contributed by atoms with E-state index in [0.29, 0.717) is 23.6 Å². The predicted molar refractivity (Wildman–Crippen MR) is 123 cm³/mol. The van der Waals surface area contributed by atoms with Gasteiger partial charge in [0.25, 0.3) is 0 Å². The quantitative estimate of drug-likeness (QED) is 0.472. The van der Waals surface area contributed by atoms with E-state index in [4.69, 9.17) is 9.32 Å². The van der Waals surface area contributed by atoms with Gasteiger partial charge in [-0.2, -0.15) is 0 Å². The van der Waals surface area contributed by atoms with Crippen LogP contribution in [0.3, 0.4) is 0 Å². The van der Waals surface area contributed by atoms with Crippen molar-refractivity contribution in [3.05, 3.63) is 77.6 Å². The van der Waals surface area contributed by atoms with Crippen LogP contribution in [0.15, 0.2) is 53.4 Å². The minimum atomic E-state index is -0.529. The van der Waals surface area contributed by atoms with Crippen molar-refractivity contribution in [2.75, 3.05) is 18.9 Å². The first kappa shape index (κ1) is 23.8. The number of nitrogens with one attached hydrogen (secondary N) is 1. The molecule has 0 saturated carbocycles. The molecule has 3 N–H and O–H groups in total. The van der Waals surface area contributed by atoms with E-state index in [1.807, 2.05) is 41.8 Å². The van der Waals surface area contributed by atoms with Gasteiger partial charge in [0.1, 0.15) is 24.2 Å². The monoisotopic (exact) mass is 453 g/mol. The van der Waals surface area contributed by atoms with Gasteiger partial charge in [-0.05, 0) is 32.5 Å². The highest BCUT2D eigenvalue weighted by molar-refractivity contribution is 5.71. The van der Waals surface area contributed by atoms with Crippen molar-refractivity contribution in [2.24, 2.45) is 5.73 Å². The molecule has 1 aliphatic heterocycles. The fourth-order valence-electron chi connectivity index (χ4n) is 4.09. The lowest BCUT2D eigenvalue weighted by Gasteiger charge is -2.17. The number of anilines is 1. The second-order valence-electron chi connectivity index (χ2n) is 7.18. The van der Waals surface area contributed by atoms with Gasteiger partial charge in [0.05, 0.1) is 41.2 Å². The minimum absolute atomic E-state index is 0.0478. The van der Waals surface area contributed by atoms with E-state index in [2.05, 4.69) is 21.2 Å². The standard InChI is InChI=1S/C22H18F2N4O.CH5N.CH2O/c1-12-22(13(2)29-27-12)16-7-18(24)19(8-17(16)23)26-10-21-15-6-4-3-5-14(15)20-9-25-11-28(20)21;2*1-2/h3-9,11,21,26H,10H2,1-2H3;2H2,1H3;1H2. The molecular weight excluding hydrogens is 428 g/mol. The van der Waals surface area contributed by atoms with Crippen LogP contribution in [-0.4, -0.2) is 35.1 Å². The maximum Gasteiger partial charge on any atom is 0.147 e. The molecule has 5 rings (SSSR count). The predicted octanol–water partition coefficient (Wildman–Crippen LogP) is 4.51. The summed E-state index contributed by atoms with van der Waals surface area (Å²) < 4.78 is 36.7. The van der Waals surface area contributed by atoms with Crippen LogP contribution in [0.4, 0.5) is 14.5 Å². The SMILES string of the molecule is C=O.CN.Cc1noc(C)c1-c1cc(F)c(NCC2c3ccccc3-c3cncn32)cc1F. The summed E-state index contributed by atoms with van der Waals surface area (Å²) in [6, 6.07) is 10.4. The molecule has 4 aromatic rings. The number of nitrogens with two attached hydrogens (primary N) is 1. The van der Waals surface area contributed by atoms with Crippen LogP contribution in [0.5, 0.6) is 0 Å². The average Bonchev–Trinajstić information content (AvgIpc) is 3.52. The first-order valence-corrected chi connectivity index (χ1v) is 10.2. The lowest BCUT2D eigenvalue weighted by atomic mass is 10.0. The van der Waals surface area contributed by atoms with Gasteiger partial charge >= 0.3 is 0 Å². The van der Waals surface area contributed by atoms with Gasteiger partial charge in [-0.3, -0.25) is 0 Å². The second-order valence-corrected chi connectivity index (χ2v) is 7.18. The Morgan fingerprint density at radius 1 is 1.12 bits per heavy atom. The lowest BCUT2D eigenvalue weighted by Crippen LogP contribution is -2.17. The Balaban J connectivity index is 0.000000728. The number of benzene rings is 2. The number of rotatable bonds is 4. The summed E-state index contributed by atoms with van der Waals surface area (Å²) in [5.74, 6) is -0.603. The number of carbonyl (C=O) groups excluding carboxylic acids is 1. The van der Waals surface area contributed by atoms with Crippen molar-refractivity contribution in [1.29, 1.82) is 0 Å². The number of hydrogen-bond donors (Lipinski definition) is 2. The van der Waals surface area contributed by atoms with E-state index in [0.717, 1.165) is 16.8 Å². The summed E-state index contributed by atoms with van der Waals surface area (Å²) >= 11 is 0. The van der Waals surface area contributed by atoms with Gasteiger partial charge in [-0.15, -0.1) is 0 Å². The van der Waals surface area contributed by atoms with Crippen molar-refractivity contribution in [3.63, 3.8) is 0 Å². The normalized spacial score (nSPS) is 13.2. The van der Waals surface area contributed by atoms with Crippen LogP contribution >= 0.6 is 0 Å². The van der Waals surface area contributed by atoms with Crippen LogP contribution in [0.2, 0.25) is 0 Å². The highest BCUT2D eigenvalue weighted by atomic mass is 19.1. The fourth-order valence-corrected chi connectivity index (χ4v) is 4.09. The average molecular weight is 453 g/mol. The molecule has 2 aromatic heterocycles. The van der Waals surface area contributed by atoms with E-state index in [1.54, 1.807) is 20.2 Å². The Kier molecular flexibility index (Phi) is 7.34. The molecule has 1 unspecified atom stereocenters. The Morgan fingerprint density at radius 2 is 1.85 bits per heavy atom. The fraction of sp³-hybridized carbons (Fsp3) is 0.208. The van der Waals surface area contributed by atoms with Crippen LogP contribution in [0, 0.1) is 25.5 Å². The molecule has 0 amide bonds. The van der Waals surface area contributed by atoms with E-state index in [9.17, 15) is 8.78 Å². The highest BCUT2D eigenvalue weighted by Crippen LogP contribution is 2.39. The third-order valence-electron chi connectivity index (χ3n) is 5.44. The topological polar surface area (TPSA) is 99.0 Å². The number of fused-ring (bicyclic) bond motifs is 3. The Labute approximate surface area is 190 Å². The Bertz CT molecular complexity index is 1230. The Hall–Kier alpha value is -3.85. The minimum Gasteiger partial charge on any atom is -0.380 e. The van der Waals surface area contributed by atoms with Gasteiger partial charge in [0, 0.05) is 23.7 Å². The molecule has 0 fully saturated rings. The van der Waals surface area contributed by atoms with Crippen molar-refractivity contribution in [3.8, 4) is 22.4 Å². The second kappa shape index (κ2) is 10.2. The zero-order valence-electron chi connectivity index (χ0n) is 18.6. The van der Waals surface area contributed by atoms with E-state index in [1.165, 1.54) is 19.2 Å². The Morgan fingerprint density at radius 3 is 2.55 bits per heavy atom. The maximum absolute atomic E-state index is 14.8. The zero-order valence-corrected chi connectivity index (χ0v) is 18.6. The van der Waals surface area contributed by atoms with Gasteiger partial charge in [-0.1, -0.05) is 29.4 Å². The van der Waals surface area contributed by atoms with Crippen molar-refractivity contribution in [2.45, 2.75) is 19.9 Å². The molecule has 0 bridgehead atoms. The molecule has 0 aliphatic carbocycles. The summed E-state index contributed by atoms with van der Waals surface area (Å²) in [5.41, 5.74) is 9.03. The third kappa shape index (κ3) is 4.27. The molecule has 3 heterocycles. The largest absolute Gasteiger partial charge is 0.380 e. The molecule has 7 nitrogen and oxygen atoms in total. The number of aryl methyl sites for hydroxylation is 2. The molecule has 0 radical (unpaired) electrons. The van der Waals surface area contributed by atoms with Gasteiger partial charge < -0.3 is 24.9 Å². The number of halogens is 2. The summed E-state index contributed by atoms with van der Waals surface area (Å²) in [6.45, 7) is 5.79. The third-order valence-corrected chi connectivity index (χ3v) is 5.44. The first-order valence-electron chi connectivity index (χ1n) is 10.2. The number of nitrogens with zero attached hydrogens (tertiary/aromatic N) is 3. The summed E-state index contributed by atoms with van der Waals surface area (Å²) in [6.07, 6.45) is 3.58. The molecule has 33 heavy (non-hydrogen) atoms. The van der Waals surface area contributed by atoms with Crippen molar-refractivity contribution < 1.29 is 18.1 Å². The highest BCUT2D eigenvalue weighted by Gasteiger charge is 2.28. The smallest absolute Gasteiger partial charge is 0.147 e. The number of carbonyl (C=O) groups is 1. The molecule has 1 aliphatic rings. The van der Waals surface area contributed by atoms with E-state index in [-0.39, 0.29) is 17.3 Å². The van der Waals surface area contributed by atoms with E-state index >= 15 is 0 Å². The maximum atomic E-state index is 14.8. The molecule has 2 aromatic carbocycles. The molecular formula is C24H25F2N5O2. The summed E-state index contributed by atoms with van der Waals surface area (Å²) in [5, 5.41) is 6.89. The van der Waals surface area contributed by atoms with Gasteiger partial charge in [0.2, 0.25) is 0 Å². The van der Waals surface area contributed by atoms with Gasteiger partial charge in [-0.25, -0.2) is 13.8 Å². The molecule has 0 spiro atoms. The first-order chi connectivity index (χ1) is 16.0. The molecule has 9 heteroatoms. The number of imidazole rings is 1. The van der Waals surface area contributed by atoms with E-state index < -0.39 is 11.6 Å². The van der Waals surface area contributed by atoms with Crippen LogP contribution in [-0.2, 0) is 4.79 Å². The van der Waals surface area contributed by atoms with Crippen LogP contribution in [0.25, 0.3) is 22.4 Å². The molecule has 0 saturated heterocycles. The van der Waals surface area contributed by atoms with Crippen molar-refractivity contribution in [1.82, 2.24) is 14.7 Å². The van der Waals surface area contributed by atoms with Crippen LogP contribution < -0.4 is 11.1 Å². The molecule has 1 atom stereocenters.